The third kappa shape index (κ3) is 5.92. The smallest absolute Gasteiger partial charge is 0.356 e. The summed E-state index contributed by atoms with van der Waals surface area (Å²) >= 11 is 0. The van der Waals surface area contributed by atoms with Crippen LogP contribution in [0, 0.1) is 20.8 Å². The van der Waals surface area contributed by atoms with Crippen molar-refractivity contribution in [3.8, 4) is 17.3 Å². The van der Waals surface area contributed by atoms with Crippen molar-refractivity contribution in [3.05, 3.63) is 58.8 Å². The van der Waals surface area contributed by atoms with Crippen LogP contribution in [0.3, 0.4) is 0 Å². The second-order valence-electron chi connectivity index (χ2n) is 9.59. The molecule has 2 aromatic carbocycles. The molecule has 1 heterocycles. The average Bonchev–Trinajstić information content (AvgIpc) is 3.05. The highest BCUT2D eigenvalue weighted by Gasteiger charge is 2.29. The number of carbonyl (C=O) groups excluding carboxylic acids is 1. The highest BCUT2D eigenvalue weighted by Crippen LogP contribution is 2.36. The van der Waals surface area contributed by atoms with Crippen LogP contribution >= 0.6 is 0 Å². The summed E-state index contributed by atoms with van der Waals surface area (Å²) in [6.45, 7) is 11.7. The molecule has 0 aliphatic carbocycles. The number of benzene rings is 2. The Hall–Kier alpha value is -3.70. The van der Waals surface area contributed by atoms with Gasteiger partial charge in [0.25, 0.3) is 0 Å². The SMILES string of the molecule is CC(=O)Nc1ccc(Oc2c(C)c(C(=O)O)nn2-c2cc(C)ccc2C)c(S(=O)(=O)NC(C)(C)C)c1. The lowest BCUT2D eigenvalue weighted by Gasteiger charge is -2.22. The van der Waals surface area contributed by atoms with Crippen LogP contribution in [0.25, 0.3) is 5.69 Å². The highest BCUT2D eigenvalue weighted by atomic mass is 32.2. The van der Waals surface area contributed by atoms with Crippen molar-refractivity contribution in [1.29, 1.82) is 0 Å². The number of ether oxygens (including phenoxy) is 1. The fraction of sp³-hybridized carbons (Fsp3) is 0.320. The molecule has 0 saturated heterocycles. The number of carbonyl (C=O) groups is 2. The van der Waals surface area contributed by atoms with E-state index in [-0.39, 0.29) is 39.4 Å². The molecule has 1 amide bonds. The molecule has 0 bridgehead atoms. The Bertz CT molecular complexity index is 1450. The minimum Gasteiger partial charge on any atom is -0.476 e. The molecule has 0 aliphatic heterocycles. The first-order valence-electron chi connectivity index (χ1n) is 11.1. The number of aromatic carboxylic acids is 1. The van der Waals surface area contributed by atoms with Crippen molar-refractivity contribution in [2.24, 2.45) is 0 Å². The summed E-state index contributed by atoms with van der Waals surface area (Å²) in [5.41, 5.74) is 1.78. The summed E-state index contributed by atoms with van der Waals surface area (Å²) in [5, 5.41) is 16.5. The number of nitrogens with zero attached hydrogens (tertiary/aromatic N) is 2. The lowest BCUT2D eigenvalue weighted by atomic mass is 10.1. The molecule has 10 nitrogen and oxygen atoms in total. The van der Waals surface area contributed by atoms with E-state index in [1.807, 2.05) is 32.0 Å². The van der Waals surface area contributed by atoms with Gasteiger partial charge in [-0.2, -0.15) is 9.78 Å². The maximum Gasteiger partial charge on any atom is 0.356 e. The second-order valence-corrected chi connectivity index (χ2v) is 11.2. The summed E-state index contributed by atoms with van der Waals surface area (Å²) in [4.78, 5) is 23.2. The molecule has 11 heteroatoms. The van der Waals surface area contributed by atoms with Crippen molar-refractivity contribution in [2.75, 3.05) is 5.32 Å². The Morgan fingerprint density at radius 3 is 2.31 bits per heavy atom. The Balaban J connectivity index is 2.25. The van der Waals surface area contributed by atoms with E-state index in [1.165, 1.54) is 29.8 Å². The Labute approximate surface area is 210 Å². The van der Waals surface area contributed by atoms with E-state index in [2.05, 4.69) is 15.1 Å². The normalized spacial score (nSPS) is 11.9. The number of sulfonamides is 1. The number of hydrogen-bond donors (Lipinski definition) is 3. The van der Waals surface area contributed by atoms with Gasteiger partial charge >= 0.3 is 5.97 Å². The van der Waals surface area contributed by atoms with E-state index in [9.17, 15) is 23.1 Å². The first-order valence-corrected chi connectivity index (χ1v) is 12.6. The maximum atomic E-state index is 13.3. The summed E-state index contributed by atoms with van der Waals surface area (Å²) in [5.74, 6) is -1.62. The van der Waals surface area contributed by atoms with Crippen LogP contribution in [0.1, 0.15) is 54.9 Å². The molecule has 192 valence electrons. The third-order valence-electron chi connectivity index (χ3n) is 5.06. The van der Waals surface area contributed by atoms with Gasteiger partial charge in [0.1, 0.15) is 10.6 Å². The van der Waals surface area contributed by atoms with Crippen molar-refractivity contribution in [3.63, 3.8) is 0 Å². The van der Waals surface area contributed by atoms with Crippen LogP contribution in [0.4, 0.5) is 5.69 Å². The van der Waals surface area contributed by atoms with Crippen molar-refractivity contribution in [1.82, 2.24) is 14.5 Å². The maximum absolute atomic E-state index is 13.3. The van der Waals surface area contributed by atoms with Gasteiger partial charge in [0.15, 0.2) is 5.69 Å². The van der Waals surface area contributed by atoms with E-state index in [0.717, 1.165) is 11.1 Å². The fourth-order valence-electron chi connectivity index (χ4n) is 3.56. The van der Waals surface area contributed by atoms with Crippen LogP contribution in [0.15, 0.2) is 41.3 Å². The van der Waals surface area contributed by atoms with Crippen LogP contribution < -0.4 is 14.8 Å². The third-order valence-corrected chi connectivity index (χ3v) is 6.84. The molecule has 0 radical (unpaired) electrons. The zero-order chi connectivity index (χ0) is 27.0. The number of carboxylic acid groups (broad SMARTS) is 1. The molecule has 0 fully saturated rings. The molecule has 36 heavy (non-hydrogen) atoms. The summed E-state index contributed by atoms with van der Waals surface area (Å²) in [6, 6.07) is 9.81. The van der Waals surface area contributed by atoms with Gasteiger partial charge < -0.3 is 15.2 Å². The van der Waals surface area contributed by atoms with Gasteiger partial charge in [-0.15, -0.1) is 0 Å². The molecule has 0 unspecified atom stereocenters. The number of rotatable bonds is 7. The largest absolute Gasteiger partial charge is 0.476 e. The van der Waals surface area contributed by atoms with Gasteiger partial charge in [-0.3, -0.25) is 4.79 Å². The Kier molecular flexibility index (Phi) is 7.28. The van der Waals surface area contributed by atoms with Gasteiger partial charge in [0.05, 0.1) is 5.69 Å². The van der Waals surface area contributed by atoms with Gasteiger partial charge in [-0.25, -0.2) is 17.9 Å². The minimum absolute atomic E-state index is 0.0561. The monoisotopic (exact) mass is 514 g/mol. The first-order chi connectivity index (χ1) is 16.6. The molecule has 3 aromatic rings. The Morgan fingerprint density at radius 1 is 1.06 bits per heavy atom. The number of aryl methyl sites for hydroxylation is 2. The van der Waals surface area contributed by atoms with Gasteiger partial charge in [0.2, 0.25) is 21.8 Å². The number of carboxylic acids is 1. The molecule has 3 N–H and O–H groups in total. The minimum atomic E-state index is -4.11. The summed E-state index contributed by atoms with van der Waals surface area (Å²) < 4.78 is 36.7. The molecule has 0 saturated carbocycles. The molecule has 0 atom stereocenters. The van der Waals surface area contributed by atoms with Crippen molar-refractivity contribution in [2.45, 2.75) is 58.9 Å². The van der Waals surface area contributed by atoms with Gasteiger partial charge in [-0.05, 0) is 76.9 Å². The number of amides is 1. The topological polar surface area (TPSA) is 140 Å². The molecule has 3 rings (SSSR count). The molecule has 0 aliphatic rings. The van der Waals surface area contributed by atoms with E-state index < -0.39 is 21.5 Å². The predicted molar refractivity (Wildman–Crippen MR) is 136 cm³/mol. The number of hydrogen-bond acceptors (Lipinski definition) is 6. The van der Waals surface area contributed by atoms with Crippen LogP contribution in [0.2, 0.25) is 0 Å². The van der Waals surface area contributed by atoms with E-state index >= 15 is 0 Å². The average molecular weight is 515 g/mol. The van der Waals surface area contributed by atoms with E-state index in [0.29, 0.717) is 5.69 Å². The predicted octanol–water partition coefficient (Wildman–Crippen LogP) is 4.32. The quantitative estimate of drug-likeness (QED) is 0.426. The number of anilines is 1. The number of nitrogens with one attached hydrogen (secondary N) is 2. The summed E-state index contributed by atoms with van der Waals surface area (Å²) in [6.07, 6.45) is 0. The van der Waals surface area contributed by atoms with Crippen molar-refractivity contribution < 1.29 is 27.9 Å². The van der Waals surface area contributed by atoms with Gasteiger partial charge in [-0.1, -0.05) is 12.1 Å². The zero-order valence-electron chi connectivity index (χ0n) is 21.3. The van der Waals surface area contributed by atoms with Crippen LogP contribution in [-0.2, 0) is 14.8 Å². The van der Waals surface area contributed by atoms with Crippen molar-refractivity contribution >= 4 is 27.6 Å². The fourth-order valence-corrected chi connectivity index (χ4v) is 5.13. The molecule has 1 aromatic heterocycles. The number of aromatic nitrogens is 2. The first kappa shape index (κ1) is 26.9. The highest BCUT2D eigenvalue weighted by molar-refractivity contribution is 7.89. The van der Waals surface area contributed by atoms with Crippen LogP contribution in [0.5, 0.6) is 11.6 Å². The summed E-state index contributed by atoms with van der Waals surface area (Å²) in [7, 11) is -4.11. The standard InChI is InChI=1S/C25H30N4O6S/c1-14-8-9-15(2)19(12-14)29-23(16(3)22(27-29)24(31)32)35-20-11-10-18(26-17(4)30)13-21(20)36(33,34)28-25(5,6)7/h8-13,28H,1-7H3,(H,26,30)(H,31,32). The lowest BCUT2D eigenvalue weighted by Crippen LogP contribution is -2.40. The second kappa shape index (κ2) is 9.75. The lowest BCUT2D eigenvalue weighted by molar-refractivity contribution is -0.114. The van der Waals surface area contributed by atoms with Gasteiger partial charge in [0, 0.05) is 23.7 Å². The van der Waals surface area contributed by atoms with E-state index in [4.69, 9.17) is 4.74 Å². The zero-order valence-corrected chi connectivity index (χ0v) is 22.1. The van der Waals surface area contributed by atoms with E-state index in [1.54, 1.807) is 27.7 Å². The van der Waals surface area contributed by atoms with Crippen LogP contribution in [-0.4, -0.2) is 40.7 Å². The molecular weight excluding hydrogens is 484 g/mol. The Morgan fingerprint density at radius 2 is 1.72 bits per heavy atom. The molecule has 0 spiro atoms. The molecular formula is C25H30N4O6S.